The van der Waals surface area contributed by atoms with Crippen molar-refractivity contribution in [3.05, 3.63) is 41.5 Å². The van der Waals surface area contributed by atoms with Gasteiger partial charge in [-0.05, 0) is 24.5 Å². The number of ether oxygens (including phenoxy) is 1. The zero-order valence-electron chi connectivity index (χ0n) is 11.8. The highest BCUT2D eigenvalue weighted by Gasteiger charge is 2.17. The van der Waals surface area contributed by atoms with E-state index in [-0.39, 0.29) is 6.10 Å². The smallest absolute Gasteiger partial charge is 0.0807 e. The second-order valence-corrected chi connectivity index (χ2v) is 4.97. The standard InChI is InChI=1S/C16H23NO2/c1-3-16(18)14-6-4-5-7-15(14)17-10-8-13(9-11-17)12-19-2/h4-8,16,18H,3,9-12H2,1-2H3/t16-/m1/s1. The van der Waals surface area contributed by atoms with Crippen LogP contribution in [0, 0.1) is 0 Å². The van der Waals surface area contributed by atoms with Crippen LogP contribution in [0.15, 0.2) is 35.9 Å². The Bertz CT molecular complexity index is 442. The van der Waals surface area contributed by atoms with Crippen LogP contribution in [-0.2, 0) is 4.74 Å². The van der Waals surface area contributed by atoms with Gasteiger partial charge in [-0.3, -0.25) is 0 Å². The topological polar surface area (TPSA) is 32.7 Å². The third-order valence-electron chi connectivity index (χ3n) is 3.66. The average molecular weight is 261 g/mol. The zero-order chi connectivity index (χ0) is 13.7. The number of hydrogen-bond acceptors (Lipinski definition) is 3. The van der Waals surface area contributed by atoms with E-state index in [1.165, 1.54) is 5.57 Å². The summed E-state index contributed by atoms with van der Waals surface area (Å²) in [7, 11) is 1.74. The molecule has 0 fully saturated rings. The first-order valence-electron chi connectivity index (χ1n) is 6.95. The van der Waals surface area contributed by atoms with Gasteiger partial charge in [-0.25, -0.2) is 0 Å². The van der Waals surface area contributed by atoms with E-state index in [4.69, 9.17) is 4.74 Å². The summed E-state index contributed by atoms with van der Waals surface area (Å²) in [5, 5.41) is 10.1. The summed E-state index contributed by atoms with van der Waals surface area (Å²) >= 11 is 0. The van der Waals surface area contributed by atoms with Gasteiger partial charge < -0.3 is 14.7 Å². The lowest BCUT2D eigenvalue weighted by Gasteiger charge is -2.31. The number of methoxy groups -OCH3 is 1. The van der Waals surface area contributed by atoms with E-state index in [2.05, 4.69) is 17.0 Å². The fraction of sp³-hybridized carbons (Fsp3) is 0.500. The third-order valence-corrected chi connectivity index (χ3v) is 3.66. The number of anilines is 1. The van der Waals surface area contributed by atoms with Gasteiger partial charge in [0.25, 0.3) is 0 Å². The lowest BCUT2D eigenvalue weighted by atomic mass is 10.0. The second kappa shape index (κ2) is 6.73. The van der Waals surface area contributed by atoms with E-state index < -0.39 is 0 Å². The lowest BCUT2D eigenvalue weighted by Crippen LogP contribution is -2.30. The first-order chi connectivity index (χ1) is 9.26. The van der Waals surface area contributed by atoms with Crippen molar-refractivity contribution >= 4 is 5.69 Å². The normalized spacial score (nSPS) is 17.2. The molecule has 1 atom stereocenters. The van der Waals surface area contributed by atoms with Crippen LogP contribution >= 0.6 is 0 Å². The fourth-order valence-corrected chi connectivity index (χ4v) is 2.52. The van der Waals surface area contributed by atoms with Crippen molar-refractivity contribution < 1.29 is 9.84 Å². The number of para-hydroxylation sites is 1. The molecule has 19 heavy (non-hydrogen) atoms. The van der Waals surface area contributed by atoms with Crippen LogP contribution in [0.25, 0.3) is 0 Å². The Morgan fingerprint density at radius 1 is 1.37 bits per heavy atom. The van der Waals surface area contributed by atoms with E-state index in [1.54, 1.807) is 7.11 Å². The number of rotatable bonds is 5. The second-order valence-electron chi connectivity index (χ2n) is 4.97. The van der Waals surface area contributed by atoms with Gasteiger partial charge in [0, 0.05) is 31.5 Å². The van der Waals surface area contributed by atoms with Crippen molar-refractivity contribution in [2.24, 2.45) is 0 Å². The highest BCUT2D eigenvalue weighted by atomic mass is 16.5. The highest BCUT2D eigenvalue weighted by Crippen LogP contribution is 2.29. The molecule has 2 rings (SSSR count). The molecule has 0 saturated carbocycles. The number of nitrogens with zero attached hydrogens (tertiary/aromatic N) is 1. The predicted octanol–water partition coefficient (Wildman–Crippen LogP) is 2.91. The minimum atomic E-state index is -0.374. The summed E-state index contributed by atoms with van der Waals surface area (Å²) in [5.74, 6) is 0. The molecule has 0 bridgehead atoms. The summed E-state index contributed by atoms with van der Waals surface area (Å²) in [4.78, 5) is 2.33. The Kier molecular flexibility index (Phi) is 5.00. The van der Waals surface area contributed by atoms with Crippen LogP contribution in [-0.4, -0.2) is 31.9 Å². The maximum Gasteiger partial charge on any atom is 0.0807 e. The minimum absolute atomic E-state index is 0.374. The van der Waals surface area contributed by atoms with Gasteiger partial charge in [0.05, 0.1) is 12.7 Å². The summed E-state index contributed by atoms with van der Waals surface area (Å²) in [6.45, 7) is 4.62. The van der Waals surface area contributed by atoms with Crippen molar-refractivity contribution in [3.63, 3.8) is 0 Å². The average Bonchev–Trinajstić information content (AvgIpc) is 2.47. The van der Waals surface area contributed by atoms with Crippen LogP contribution in [0.4, 0.5) is 5.69 Å². The van der Waals surface area contributed by atoms with Crippen LogP contribution < -0.4 is 4.90 Å². The van der Waals surface area contributed by atoms with E-state index in [0.29, 0.717) is 0 Å². The zero-order valence-corrected chi connectivity index (χ0v) is 11.8. The van der Waals surface area contributed by atoms with Gasteiger partial charge >= 0.3 is 0 Å². The number of benzene rings is 1. The van der Waals surface area contributed by atoms with Crippen molar-refractivity contribution in [2.45, 2.75) is 25.9 Å². The van der Waals surface area contributed by atoms with E-state index in [9.17, 15) is 5.11 Å². The first kappa shape index (κ1) is 14.1. The molecule has 1 aromatic rings. The van der Waals surface area contributed by atoms with E-state index in [1.807, 2.05) is 25.1 Å². The molecule has 0 amide bonds. The molecule has 0 aromatic heterocycles. The van der Waals surface area contributed by atoms with Gasteiger partial charge in [-0.15, -0.1) is 0 Å². The molecule has 3 heteroatoms. The van der Waals surface area contributed by atoms with Gasteiger partial charge in [0.2, 0.25) is 0 Å². The number of aliphatic hydroxyl groups is 1. The lowest BCUT2D eigenvalue weighted by molar-refractivity contribution is 0.174. The molecule has 1 aromatic carbocycles. The Hall–Kier alpha value is -1.32. The van der Waals surface area contributed by atoms with Crippen LogP contribution in [0.5, 0.6) is 0 Å². The molecule has 0 radical (unpaired) electrons. The summed E-state index contributed by atoms with van der Waals surface area (Å²) in [5.41, 5.74) is 3.56. The Balaban J connectivity index is 2.15. The van der Waals surface area contributed by atoms with Crippen LogP contribution in [0.2, 0.25) is 0 Å². The fourth-order valence-electron chi connectivity index (χ4n) is 2.52. The van der Waals surface area contributed by atoms with Crippen LogP contribution in [0.1, 0.15) is 31.4 Å². The number of aliphatic hydroxyl groups excluding tert-OH is 1. The summed E-state index contributed by atoms with van der Waals surface area (Å²) in [6, 6.07) is 8.16. The largest absolute Gasteiger partial charge is 0.388 e. The molecule has 0 saturated heterocycles. The Labute approximate surface area is 115 Å². The maximum atomic E-state index is 10.1. The predicted molar refractivity (Wildman–Crippen MR) is 78.5 cm³/mol. The molecule has 1 N–H and O–H groups in total. The van der Waals surface area contributed by atoms with Crippen molar-refractivity contribution in [1.82, 2.24) is 0 Å². The van der Waals surface area contributed by atoms with Crippen LogP contribution in [0.3, 0.4) is 0 Å². The molecule has 1 heterocycles. The molecular formula is C16H23NO2. The van der Waals surface area contributed by atoms with Gasteiger partial charge in [0.1, 0.15) is 0 Å². The first-order valence-corrected chi connectivity index (χ1v) is 6.95. The third kappa shape index (κ3) is 3.37. The SMILES string of the molecule is CC[C@@H](O)c1ccccc1N1CC=C(COC)CC1. The molecule has 1 aliphatic heterocycles. The van der Waals surface area contributed by atoms with Crippen molar-refractivity contribution in [1.29, 1.82) is 0 Å². The Morgan fingerprint density at radius 2 is 2.16 bits per heavy atom. The molecular weight excluding hydrogens is 238 g/mol. The van der Waals surface area contributed by atoms with E-state index >= 15 is 0 Å². The monoisotopic (exact) mass is 261 g/mol. The van der Waals surface area contributed by atoms with Gasteiger partial charge in [-0.2, -0.15) is 0 Å². The highest BCUT2D eigenvalue weighted by molar-refractivity contribution is 5.55. The molecule has 0 aliphatic carbocycles. The van der Waals surface area contributed by atoms with Crippen molar-refractivity contribution in [2.75, 3.05) is 31.7 Å². The van der Waals surface area contributed by atoms with E-state index in [0.717, 1.165) is 43.8 Å². The molecule has 104 valence electrons. The molecule has 1 aliphatic rings. The van der Waals surface area contributed by atoms with Crippen molar-refractivity contribution in [3.8, 4) is 0 Å². The Morgan fingerprint density at radius 3 is 2.79 bits per heavy atom. The van der Waals surface area contributed by atoms with Gasteiger partial charge in [0.15, 0.2) is 0 Å². The maximum absolute atomic E-state index is 10.1. The molecule has 0 spiro atoms. The summed E-state index contributed by atoms with van der Waals surface area (Å²) < 4.78 is 5.17. The number of hydrogen-bond donors (Lipinski definition) is 1. The quantitative estimate of drug-likeness (QED) is 0.827. The summed E-state index contributed by atoms with van der Waals surface area (Å²) in [6.07, 6.45) is 3.64. The van der Waals surface area contributed by atoms with Gasteiger partial charge in [-0.1, -0.05) is 31.2 Å². The molecule has 3 nitrogen and oxygen atoms in total. The minimum Gasteiger partial charge on any atom is -0.388 e. The molecule has 0 unspecified atom stereocenters.